The highest BCUT2D eigenvalue weighted by molar-refractivity contribution is 6.30. The van der Waals surface area contributed by atoms with Gasteiger partial charge in [0.05, 0.1) is 32.7 Å². The van der Waals surface area contributed by atoms with E-state index in [0.717, 1.165) is 32.7 Å². The van der Waals surface area contributed by atoms with Gasteiger partial charge >= 0.3 is 0 Å². The van der Waals surface area contributed by atoms with Crippen LogP contribution in [0.4, 0.5) is 0 Å². The first-order valence-electron chi connectivity index (χ1n) is 6.20. The molecular weight excluding hydrogens is 248 g/mol. The molecule has 0 unspecified atom stereocenters. The summed E-state index contributed by atoms with van der Waals surface area (Å²) in [6, 6.07) is 7.09. The van der Waals surface area contributed by atoms with Gasteiger partial charge in [-0.2, -0.15) is 0 Å². The van der Waals surface area contributed by atoms with Crippen LogP contribution in [0.25, 0.3) is 0 Å². The van der Waals surface area contributed by atoms with Crippen molar-refractivity contribution in [2.75, 3.05) is 32.7 Å². The third-order valence-corrected chi connectivity index (χ3v) is 3.53. The molecule has 0 atom stereocenters. The maximum atomic E-state index is 12.2. The molecule has 0 spiro atoms. The molecule has 1 aliphatic rings. The molecule has 1 heterocycles. The summed E-state index contributed by atoms with van der Waals surface area (Å²) < 4.78 is 0. The quantitative estimate of drug-likeness (QED) is 0.806. The van der Waals surface area contributed by atoms with E-state index < -0.39 is 0 Å². The first-order chi connectivity index (χ1) is 8.70. The molecule has 0 radical (unpaired) electrons. The first-order valence-corrected chi connectivity index (χ1v) is 6.58. The van der Waals surface area contributed by atoms with Gasteiger partial charge in [-0.15, -0.1) is 0 Å². The molecule has 0 aromatic heterocycles. The number of halogens is 1. The monoisotopic (exact) mass is 265 g/mol. The number of carbonyl (C=O) groups is 1. The van der Waals surface area contributed by atoms with Crippen LogP contribution in [0, 0.1) is 0 Å². The fourth-order valence-electron chi connectivity index (χ4n) is 2.21. The van der Waals surface area contributed by atoms with E-state index in [1.807, 2.05) is 11.0 Å². The minimum Gasteiger partial charge on any atom is -0.329 e. The molecule has 3 nitrogen and oxygen atoms in total. The van der Waals surface area contributed by atoms with Crippen molar-refractivity contribution >= 4 is 17.5 Å². The molecular formula is C14H18ClN2O+. The molecule has 4 heteroatoms. The zero-order chi connectivity index (χ0) is 13.0. The fourth-order valence-corrected chi connectivity index (χ4v) is 2.34. The van der Waals surface area contributed by atoms with Crippen LogP contribution in [0.2, 0.25) is 5.02 Å². The number of carbonyl (C=O) groups excluding carboxylic acids is 1. The highest BCUT2D eigenvalue weighted by Gasteiger charge is 2.23. The van der Waals surface area contributed by atoms with Gasteiger partial charge in [-0.3, -0.25) is 4.79 Å². The van der Waals surface area contributed by atoms with Gasteiger partial charge in [0.25, 0.3) is 5.91 Å². The third kappa shape index (κ3) is 3.12. The zero-order valence-electron chi connectivity index (χ0n) is 10.4. The Kier molecular flexibility index (Phi) is 4.39. The molecule has 1 fully saturated rings. The molecule has 1 amide bonds. The van der Waals surface area contributed by atoms with Crippen molar-refractivity contribution in [2.24, 2.45) is 0 Å². The average Bonchev–Trinajstić information content (AvgIpc) is 2.40. The predicted molar refractivity (Wildman–Crippen MR) is 73.1 cm³/mol. The van der Waals surface area contributed by atoms with E-state index >= 15 is 0 Å². The fraction of sp³-hybridized carbons (Fsp3) is 0.357. The molecule has 1 saturated heterocycles. The van der Waals surface area contributed by atoms with Crippen LogP contribution in [-0.4, -0.2) is 43.5 Å². The van der Waals surface area contributed by atoms with E-state index in [2.05, 4.69) is 6.58 Å². The van der Waals surface area contributed by atoms with E-state index in [9.17, 15) is 4.79 Å². The lowest BCUT2D eigenvalue weighted by Crippen LogP contribution is -3.14. The third-order valence-electron chi connectivity index (χ3n) is 3.28. The molecule has 0 bridgehead atoms. The lowest BCUT2D eigenvalue weighted by molar-refractivity contribution is -0.898. The van der Waals surface area contributed by atoms with Crippen molar-refractivity contribution in [1.29, 1.82) is 0 Å². The Balaban J connectivity index is 1.95. The van der Waals surface area contributed by atoms with Crippen LogP contribution in [0.1, 0.15) is 10.4 Å². The highest BCUT2D eigenvalue weighted by atomic mass is 35.5. The van der Waals surface area contributed by atoms with Gasteiger partial charge in [-0.1, -0.05) is 18.2 Å². The molecule has 0 saturated carbocycles. The topological polar surface area (TPSA) is 24.8 Å². The molecule has 1 aromatic carbocycles. The van der Waals surface area contributed by atoms with Crippen molar-refractivity contribution < 1.29 is 9.69 Å². The standard InChI is InChI=1S/C14H17ClN2O/c1-2-7-16-8-10-17(11-9-16)14(18)12-3-5-13(15)6-4-12/h2-6H,1,7-11H2/p+1. The Hall–Kier alpha value is -1.32. The van der Waals surface area contributed by atoms with E-state index in [1.165, 1.54) is 4.90 Å². The van der Waals surface area contributed by atoms with E-state index in [0.29, 0.717) is 10.6 Å². The number of nitrogens with one attached hydrogen (secondary N) is 1. The number of nitrogens with zero attached hydrogens (tertiary/aromatic N) is 1. The number of amides is 1. The summed E-state index contributed by atoms with van der Waals surface area (Å²) in [5.41, 5.74) is 0.714. The van der Waals surface area contributed by atoms with Crippen molar-refractivity contribution in [2.45, 2.75) is 0 Å². The number of hydrogen-bond donors (Lipinski definition) is 1. The molecule has 2 rings (SSSR count). The Bertz CT molecular complexity index is 422. The molecule has 1 N–H and O–H groups in total. The van der Waals surface area contributed by atoms with Gasteiger partial charge < -0.3 is 9.80 Å². The van der Waals surface area contributed by atoms with Gasteiger partial charge in [0, 0.05) is 10.6 Å². The van der Waals surface area contributed by atoms with E-state index in [-0.39, 0.29) is 5.91 Å². The second-order valence-electron chi connectivity index (χ2n) is 4.54. The van der Waals surface area contributed by atoms with Crippen molar-refractivity contribution in [1.82, 2.24) is 4.90 Å². The number of hydrogen-bond acceptors (Lipinski definition) is 1. The summed E-state index contributed by atoms with van der Waals surface area (Å²) in [6.07, 6.45) is 1.94. The van der Waals surface area contributed by atoms with Gasteiger partial charge in [-0.25, -0.2) is 0 Å². The van der Waals surface area contributed by atoms with Crippen LogP contribution in [0.5, 0.6) is 0 Å². The van der Waals surface area contributed by atoms with Gasteiger partial charge in [-0.05, 0) is 30.3 Å². The largest absolute Gasteiger partial charge is 0.329 e. The molecule has 1 aromatic rings. The number of quaternary nitrogens is 1. The van der Waals surface area contributed by atoms with Crippen LogP contribution >= 0.6 is 11.6 Å². The number of benzene rings is 1. The van der Waals surface area contributed by atoms with Gasteiger partial charge in [0.2, 0.25) is 0 Å². The zero-order valence-corrected chi connectivity index (χ0v) is 11.1. The maximum absolute atomic E-state index is 12.2. The minimum atomic E-state index is 0.101. The first kappa shape index (κ1) is 13.1. The van der Waals surface area contributed by atoms with Crippen LogP contribution in [-0.2, 0) is 0 Å². The van der Waals surface area contributed by atoms with Crippen LogP contribution < -0.4 is 4.90 Å². The predicted octanol–water partition coefficient (Wildman–Crippen LogP) is 0.867. The minimum absolute atomic E-state index is 0.101. The summed E-state index contributed by atoms with van der Waals surface area (Å²) in [4.78, 5) is 15.6. The Labute approximate surface area is 113 Å². The van der Waals surface area contributed by atoms with Crippen LogP contribution in [0.3, 0.4) is 0 Å². The van der Waals surface area contributed by atoms with E-state index in [1.54, 1.807) is 24.3 Å². The summed E-state index contributed by atoms with van der Waals surface area (Å²) in [7, 11) is 0. The highest BCUT2D eigenvalue weighted by Crippen LogP contribution is 2.11. The lowest BCUT2D eigenvalue weighted by atomic mass is 10.2. The summed E-state index contributed by atoms with van der Waals surface area (Å²) in [5, 5.41) is 0.659. The summed E-state index contributed by atoms with van der Waals surface area (Å²) in [5.74, 6) is 0.101. The number of rotatable bonds is 3. The second kappa shape index (κ2) is 6.03. The van der Waals surface area contributed by atoms with E-state index in [4.69, 9.17) is 11.6 Å². The van der Waals surface area contributed by atoms with Gasteiger partial charge in [0.1, 0.15) is 0 Å². The Morgan fingerprint density at radius 2 is 1.94 bits per heavy atom. The number of piperazine rings is 1. The van der Waals surface area contributed by atoms with Crippen molar-refractivity contribution in [3.63, 3.8) is 0 Å². The summed E-state index contributed by atoms with van der Waals surface area (Å²) in [6.45, 7) is 8.33. The second-order valence-corrected chi connectivity index (χ2v) is 4.98. The Morgan fingerprint density at radius 1 is 1.33 bits per heavy atom. The maximum Gasteiger partial charge on any atom is 0.254 e. The molecule has 18 heavy (non-hydrogen) atoms. The van der Waals surface area contributed by atoms with Crippen LogP contribution in [0.15, 0.2) is 36.9 Å². The van der Waals surface area contributed by atoms with Crippen molar-refractivity contribution in [3.8, 4) is 0 Å². The SMILES string of the molecule is C=CC[NH+]1CCN(C(=O)c2ccc(Cl)cc2)CC1. The Morgan fingerprint density at radius 3 is 2.50 bits per heavy atom. The molecule has 0 aliphatic carbocycles. The lowest BCUT2D eigenvalue weighted by Gasteiger charge is -2.31. The molecule has 96 valence electrons. The smallest absolute Gasteiger partial charge is 0.254 e. The summed E-state index contributed by atoms with van der Waals surface area (Å²) >= 11 is 5.82. The van der Waals surface area contributed by atoms with Gasteiger partial charge in [0.15, 0.2) is 0 Å². The molecule has 1 aliphatic heterocycles. The normalized spacial score (nSPS) is 16.6. The van der Waals surface area contributed by atoms with Crippen molar-refractivity contribution in [3.05, 3.63) is 47.5 Å². The average molecular weight is 266 g/mol.